The summed E-state index contributed by atoms with van der Waals surface area (Å²) >= 11 is 0. The van der Waals surface area contributed by atoms with Gasteiger partial charge in [-0.1, -0.05) is 36.4 Å². The number of hydrogen-bond donors (Lipinski definition) is 4. The number of nitrogens with zero attached hydrogens (tertiary/aromatic N) is 4. The number of pyridine rings is 1. The summed E-state index contributed by atoms with van der Waals surface area (Å²) in [5.41, 5.74) is 6.43. The summed E-state index contributed by atoms with van der Waals surface area (Å²) < 4.78 is 41.7. The van der Waals surface area contributed by atoms with E-state index < -0.39 is 29.3 Å². The van der Waals surface area contributed by atoms with Crippen molar-refractivity contribution in [2.45, 2.75) is 39.5 Å². The second-order valence-corrected chi connectivity index (χ2v) is 10.7. The number of carbonyl (C=O) groups is 2. The highest BCUT2D eigenvalue weighted by atomic mass is 19.4. The highest BCUT2D eigenvalue weighted by Crippen LogP contribution is 2.50. The molecule has 13 heteroatoms. The van der Waals surface area contributed by atoms with Crippen molar-refractivity contribution in [2.75, 3.05) is 15.5 Å². The van der Waals surface area contributed by atoms with Crippen LogP contribution >= 0.6 is 0 Å². The van der Waals surface area contributed by atoms with E-state index in [1.807, 2.05) is 30.3 Å². The minimum absolute atomic E-state index is 0.00765. The lowest BCUT2D eigenvalue weighted by atomic mass is 10.0. The van der Waals surface area contributed by atoms with Crippen molar-refractivity contribution < 1.29 is 22.8 Å². The minimum atomic E-state index is -4.65. The quantitative estimate of drug-likeness (QED) is 0.138. The molecule has 3 heterocycles. The van der Waals surface area contributed by atoms with E-state index in [2.05, 4.69) is 20.7 Å². The number of nitrogens with one attached hydrogen (secondary N) is 3. The summed E-state index contributed by atoms with van der Waals surface area (Å²) in [5, 5.41) is 18.7. The zero-order valence-electron chi connectivity index (χ0n) is 24.2. The second kappa shape index (κ2) is 11.0. The Hall–Kier alpha value is -5.46. The van der Waals surface area contributed by atoms with Gasteiger partial charge < -0.3 is 21.8 Å². The van der Waals surface area contributed by atoms with E-state index in [1.165, 1.54) is 28.6 Å². The van der Waals surface area contributed by atoms with E-state index in [9.17, 15) is 22.8 Å². The van der Waals surface area contributed by atoms with Gasteiger partial charge in [0.2, 0.25) is 0 Å². The molecule has 0 saturated heterocycles. The summed E-state index contributed by atoms with van der Waals surface area (Å²) in [6.07, 6.45) is -4.65. The first-order valence-electron chi connectivity index (χ1n) is 13.5. The van der Waals surface area contributed by atoms with Crippen LogP contribution in [-0.4, -0.2) is 32.3 Å². The van der Waals surface area contributed by atoms with Crippen LogP contribution in [0, 0.1) is 5.41 Å². The van der Waals surface area contributed by atoms with E-state index in [4.69, 9.17) is 11.1 Å². The summed E-state index contributed by atoms with van der Waals surface area (Å²) in [6.45, 7) is 6.69. The normalized spacial score (nSPS) is 14.2. The average Bonchev–Trinajstić information content (AvgIpc) is 3.31. The predicted molar refractivity (Wildman–Crippen MR) is 162 cm³/mol. The molecule has 5 N–H and O–H groups in total. The molecular weight excluding hydrogens is 573 g/mol. The van der Waals surface area contributed by atoms with Crippen molar-refractivity contribution >= 4 is 40.5 Å². The molecule has 0 aliphatic carbocycles. The minimum Gasteiger partial charge on any atom is -0.365 e. The van der Waals surface area contributed by atoms with Crippen LogP contribution in [0.5, 0.6) is 0 Å². The standard InChI is InChI=1S/C31H29F3N8O2/c1-17(35)24(18(2)37-20-9-6-5-7-10-20)28(44)38-21-15-13-19(14-16-21)26-25(27(36)43)29-41(30(3,4)42(29)40-26)23-12-8-11-22(39-23)31(32,33)34/h5-16,35,37H,1-4H3,(H2,36,43)(H,38,44)/b24-18+,35-17?. The smallest absolute Gasteiger partial charge is 0.365 e. The van der Waals surface area contributed by atoms with Gasteiger partial charge in [0.25, 0.3) is 11.8 Å². The van der Waals surface area contributed by atoms with Crippen molar-refractivity contribution in [3.63, 3.8) is 0 Å². The third kappa shape index (κ3) is 5.39. The lowest BCUT2D eigenvalue weighted by Crippen LogP contribution is -2.55. The van der Waals surface area contributed by atoms with Gasteiger partial charge in [0.1, 0.15) is 28.4 Å². The lowest BCUT2D eigenvalue weighted by molar-refractivity contribution is -0.141. The fourth-order valence-electron chi connectivity index (χ4n) is 5.16. The van der Waals surface area contributed by atoms with Crippen molar-refractivity contribution in [1.29, 1.82) is 5.41 Å². The lowest BCUT2D eigenvalue weighted by Gasteiger charge is -2.49. The Kier molecular flexibility index (Phi) is 7.49. The molecule has 0 spiro atoms. The molecule has 0 bridgehead atoms. The number of benzene rings is 2. The van der Waals surface area contributed by atoms with Crippen LogP contribution in [0.15, 0.2) is 84.1 Å². The zero-order chi connectivity index (χ0) is 32.0. The van der Waals surface area contributed by atoms with Crippen LogP contribution in [0.25, 0.3) is 11.3 Å². The van der Waals surface area contributed by atoms with Crippen LogP contribution in [0.4, 0.5) is 36.2 Å². The maximum Gasteiger partial charge on any atom is 0.433 e. The molecule has 4 aromatic rings. The van der Waals surface area contributed by atoms with Gasteiger partial charge in [-0.15, -0.1) is 0 Å². The van der Waals surface area contributed by atoms with E-state index in [1.54, 1.807) is 45.0 Å². The number of allylic oxidation sites excluding steroid dienone is 1. The molecule has 44 heavy (non-hydrogen) atoms. The fourth-order valence-corrected chi connectivity index (χ4v) is 5.16. The van der Waals surface area contributed by atoms with Crippen LogP contribution in [0.2, 0.25) is 0 Å². The van der Waals surface area contributed by atoms with Gasteiger partial charge >= 0.3 is 6.18 Å². The summed E-state index contributed by atoms with van der Waals surface area (Å²) in [6, 6.07) is 19.3. The number of nitrogens with two attached hydrogens (primary N) is 1. The second-order valence-electron chi connectivity index (χ2n) is 10.7. The molecule has 0 saturated carbocycles. The van der Waals surface area contributed by atoms with Gasteiger partial charge in [-0.3, -0.25) is 14.5 Å². The number of aromatic nitrogens is 3. The Morgan fingerprint density at radius 2 is 1.55 bits per heavy atom. The molecule has 0 unspecified atom stereocenters. The summed E-state index contributed by atoms with van der Waals surface area (Å²) in [5.74, 6) is -1.09. The maximum absolute atomic E-state index is 13.4. The summed E-state index contributed by atoms with van der Waals surface area (Å²) in [4.78, 5) is 31.1. The van der Waals surface area contributed by atoms with E-state index in [0.717, 1.165) is 11.8 Å². The molecule has 5 rings (SSSR count). The zero-order valence-corrected chi connectivity index (χ0v) is 24.2. The number of anilines is 4. The number of para-hydroxylation sites is 1. The molecular formula is C31H29F3N8O2. The average molecular weight is 603 g/mol. The third-order valence-electron chi connectivity index (χ3n) is 7.14. The predicted octanol–water partition coefficient (Wildman–Crippen LogP) is 6.27. The summed E-state index contributed by atoms with van der Waals surface area (Å²) in [7, 11) is 0. The number of amides is 2. The van der Waals surface area contributed by atoms with Crippen LogP contribution in [-0.2, 0) is 16.6 Å². The molecule has 1 aliphatic rings. The fraction of sp³-hybridized carbons (Fsp3) is 0.194. The molecule has 0 fully saturated rings. The SMILES string of the molecule is CC(=N)/C(C(=O)Nc1ccc(-c2nn3c(c2C(N)=O)N(c2cccc(C(F)(F)F)n2)C3(C)C)cc1)=C(/C)Nc1ccccc1. The van der Waals surface area contributed by atoms with Crippen molar-refractivity contribution in [1.82, 2.24) is 14.8 Å². The number of rotatable bonds is 8. The molecule has 226 valence electrons. The highest BCUT2D eigenvalue weighted by molar-refractivity contribution is 6.24. The number of alkyl halides is 3. The Labute approximate surface area is 250 Å². The Morgan fingerprint density at radius 3 is 2.14 bits per heavy atom. The van der Waals surface area contributed by atoms with Gasteiger partial charge in [-0.05, 0) is 64.1 Å². The van der Waals surface area contributed by atoms with E-state index >= 15 is 0 Å². The van der Waals surface area contributed by atoms with Crippen LogP contribution in [0.3, 0.4) is 0 Å². The Bertz CT molecular complexity index is 1810. The third-order valence-corrected chi connectivity index (χ3v) is 7.14. The Balaban J connectivity index is 1.44. The number of halogens is 3. The van der Waals surface area contributed by atoms with Gasteiger partial charge in [0.15, 0.2) is 5.82 Å². The van der Waals surface area contributed by atoms with Crippen molar-refractivity contribution in [3.05, 3.63) is 95.3 Å². The highest BCUT2D eigenvalue weighted by Gasteiger charge is 2.49. The van der Waals surface area contributed by atoms with Crippen LogP contribution in [0.1, 0.15) is 43.7 Å². The number of fused-ring (bicyclic) bond motifs is 1. The Morgan fingerprint density at radius 1 is 0.909 bits per heavy atom. The molecule has 2 amide bonds. The molecule has 0 atom stereocenters. The largest absolute Gasteiger partial charge is 0.433 e. The molecule has 1 aliphatic heterocycles. The molecule has 10 nitrogen and oxygen atoms in total. The first-order chi connectivity index (χ1) is 20.7. The molecule has 2 aromatic heterocycles. The number of primary amides is 1. The van der Waals surface area contributed by atoms with Gasteiger partial charge in [-0.2, -0.15) is 18.3 Å². The molecule has 0 radical (unpaired) electrons. The monoisotopic (exact) mass is 602 g/mol. The van der Waals surface area contributed by atoms with E-state index in [-0.39, 0.29) is 34.2 Å². The topological polar surface area (TPSA) is 142 Å². The van der Waals surface area contributed by atoms with Gasteiger partial charge in [-0.25, -0.2) is 9.67 Å². The first-order valence-corrected chi connectivity index (χ1v) is 13.5. The maximum atomic E-state index is 13.4. The first kappa shape index (κ1) is 30.0. The molecule has 2 aromatic carbocycles. The number of hydrogen-bond acceptors (Lipinski definition) is 7. The van der Waals surface area contributed by atoms with Gasteiger partial charge in [0, 0.05) is 28.3 Å². The van der Waals surface area contributed by atoms with Crippen molar-refractivity contribution in [2.24, 2.45) is 5.73 Å². The van der Waals surface area contributed by atoms with Crippen molar-refractivity contribution in [3.8, 4) is 11.3 Å². The van der Waals surface area contributed by atoms with Crippen LogP contribution < -0.4 is 21.3 Å². The van der Waals surface area contributed by atoms with E-state index in [0.29, 0.717) is 16.9 Å². The number of carbonyl (C=O) groups excluding carboxylic acids is 2. The van der Waals surface area contributed by atoms with Gasteiger partial charge in [0.05, 0.1) is 5.57 Å².